The van der Waals surface area contributed by atoms with Crippen LogP contribution in [0.1, 0.15) is 111 Å². The molecule has 1 aliphatic carbocycles. The molecule has 1 aliphatic heterocycles. The van der Waals surface area contributed by atoms with E-state index in [-0.39, 0.29) is 47.9 Å². The molecule has 2 aromatic carbocycles. The molecule has 2 atom stereocenters. The summed E-state index contributed by atoms with van der Waals surface area (Å²) >= 11 is 3.79. The van der Waals surface area contributed by atoms with E-state index >= 15 is 0 Å². The van der Waals surface area contributed by atoms with Gasteiger partial charge in [0.25, 0.3) is 0 Å². The zero-order valence-electron chi connectivity index (χ0n) is 32.9. The van der Waals surface area contributed by atoms with Crippen LogP contribution in [0.4, 0.5) is 0 Å². The Morgan fingerprint density at radius 1 is 0.885 bits per heavy atom. The number of fused-ring (bicyclic) bond motifs is 3. The van der Waals surface area contributed by atoms with Crippen LogP contribution in [-0.4, -0.2) is 21.1 Å². The number of nitrogens with zero attached hydrogens (tertiary/aromatic N) is 1. The summed E-state index contributed by atoms with van der Waals surface area (Å²) in [7, 11) is 0. The number of carbonyl (C=O) groups is 1. The van der Waals surface area contributed by atoms with Gasteiger partial charge >= 0.3 is 0 Å². The summed E-state index contributed by atoms with van der Waals surface area (Å²) in [5.41, 5.74) is 5.66. The number of thiophene rings is 1. The van der Waals surface area contributed by atoms with Crippen molar-refractivity contribution in [3.8, 4) is 11.3 Å². The molecule has 4 aromatic rings. The van der Waals surface area contributed by atoms with Crippen molar-refractivity contribution < 1.29 is 30.0 Å². The van der Waals surface area contributed by atoms with Crippen LogP contribution < -0.4 is 0 Å². The maximum absolute atomic E-state index is 12.2. The smallest absolute Gasteiger partial charge is 0.164 e. The molecule has 0 amide bonds. The third-order valence-corrected chi connectivity index (χ3v) is 14.0. The van der Waals surface area contributed by atoms with Gasteiger partial charge in [-0.3, -0.25) is 9.78 Å². The van der Waals surface area contributed by atoms with E-state index in [2.05, 4.69) is 107 Å². The van der Waals surface area contributed by atoms with Gasteiger partial charge < -0.3 is 5.11 Å². The summed E-state index contributed by atoms with van der Waals surface area (Å²) in [6.07, 6.45) is 13.8. The molecule has 0 fully saturated rings. The Kier molecular flexibility index (Phi) is 13.5. The molecular weight excluding hydrogens is 855 g/mol. The first-order valence-corrected chi connectivity index (χ1v) is 20.3. The SMILES string of the molecule is CC1=C(c2cc(-c3[c-]c4ccccc4c(C(C)(C)C)c3)nc3sc(C)cc23)SC2C=CC=CC12.CCC(C)(CC)C(=O)/C=C(\O)C(C)(CC)CC.[Ir]. The monoisotopic (exact) mass is 911 g/mol. The summed E-state index contributed by atoms with van der Waals surface area (Å²) in [6, 6.07) is 19.3. The van der Waals surface area contributed by atoms with Crippen molar-refractivity contribution in [2.24, 2.45) is 16.7 Å². The van der Waals surface area contributed by atoms with E-state index in [1.54, 1.807) is 11.3 Å². The quantitative estimate of drug-likeness (QED) is 0.103. The molecule has 52 heavy (non-hydrogen) atoms. The van der Waals surface area contributed by atoms with E-state index in [0.29, 0.717) is 11.2 Å². The van der Waals surface area contributed by atoms with Crippen LogP contribution in [0.2, 0.25) is 0 Å². The van der Waals surface area contributed by atoms with Gasteiger partial charge in [0.1, 0.15) is 10.6 Å². The number of allylic oxidation sites excluding steroid dienone is 6. The first kappa shape index (κ1) is 42.0. The van der Waals surface area contributed by atoms with E-state index < -0.39 is 0 Å². The fourth-order valence-corrected chi connectivity index (χ4v) is 9.28. The fraction of sp³-hybridized carbons (Fsp3) is 0.435. The van der Waals surface area contributed by atoms with Crippen LogP contribution in [0.3, 0.4) is 0 Å². The average Bonchev–Trinajstić information content (AvgIpc) is 3.68. The minimum atomic E-state index is -0.337. The number of aromatic nitrogens is 1. The summed E-state index contributed by atoms with van der Waals surface area (Å²) in [4.78, 5) is 21.2. The fourth-order valence-electron chi connectivity index (χ4n) is 6.88. The molecule has 6 rings (SSSR count). The second kappa shape index (κ2) is 16.7. The number of thioether (sulfide) groups is 1. The van der Waals surface area contributed by atoms with Gasteiger partial charge in [0, 0.05) is 69.0 Å². The Hall–Kier alpha value is -2.76. The van der Waals surface area contributed by atoms with Crippen molar-refractivity contribution in [2.45, 2.75) is 113 Å². The Labute approximate surface area is 334 Å². The second-order valence-corrected chi connectivity index (χ2v) is 18.3. The van der Waals surface area contributed by atoms with Gasteiger partial charge in [-0.15, -0.1) is 52.2 Å². The first-order valence-electron chi connectivity index (χ1n) is 18.6. The maximum Gasteiger partial charge on any atom is 0.164 e. The van der Waals surface area contributed by atoms with E-state index in [4.69, 9.17) is 4.98 Å². The van der Waals surface area contributed by atoms with Gasteiger partial charge in [-0.05, 0) is 56.6 Å². The molecule has 279 valence electrons. The predicted molar refractivity (Wildman–Crippen MR) is 224 cm³/mol. The summed E-state index contributed by atoms with van der Waals surface area (Å²) < 4.78 is 0. The number of rotatable bonds is 9. The van der Waals surface area contributed by atoms with Gasteiger partial charge in [0.15, 0.2) is 5.78 Å². The molecule has 2 unspecified atom stereocenters. The molecule has 3 nitrogen and oxygen atoms in total. The standard InChI is InChI=1S/C31H28NS2.C15H28O2.Ir/c1-18-14-25-24(29-19(2)22-11-8-9-13-28(22)34-29)17-27(32-30(25)33-18)21-15-20-10-6-7-12-23(20)26(16-21)31(3,4)5;1-7-14(5,8-2)12(16)11-13(17)15(6,9-3)10-4;/h6-14,16-17,22,28H,1-5H3;11,16H,7-10H2,1-6H3;/q-1;;/b;12-11-;. The number of hydrogen-bond acceptors (Lipinski definition) is 5. The zero-order valence-corrected chi connectivity index (χ0v) is 36.9. The Bertz CT molecular complexity index is 2050. The first-order chi connectivity index (χ1) is 24.1. The zero-order chi connectivity index (χ0) is 37.3. The molecular formula is C46H56IrNO2S2-. The summed E-state index contributed by atoms with van der Waals surface area (Å²) in [5, 5.41) is 14.3. The van der Waals surface area contributed by atoms with Crippen LogP contribution >= 0.6 is 23.1 Å². The van der Waals surface area contributed by atoms with Crippen molar-refractivity contribution in [3.05, 3.63) is 106 Å². The number of pyridine rings is 1. The molecule has 0 spiro atoms. The number of carbonyl (C=O) groups excluding carboxylic acids is 1. The molecule has 6 heteroatoms. The molecule has 2 aromatic heterocycles. The second-order valence-electron chi connectivity index (χ2n) is 15.8. The molecule has 0 bridgehead atoms. The van der Waals surface area contributed by atoms with Gasteiger partial charge in [-0.1, -0.05) is 127 Å². The molecule has 1 radical (unpaired) electrons. The van der Waals surface area contributed by atoms with Crippen molar-refractivity contribution in [2.75, 3.05) is 0 Å². The Balaban J connectivity index is 0.000000289. The molecule has 1 N–H and O–H groups in total. The third kappa shape index (κ3) is 8.46. The maximum atomic E-state index is 12.2. The largest absolute Gasteiger partial charge is 0.512 e. The Morgan fingerprint density at radius 3 is 2.13 bits per heavy atom. The van der Waals surface area contributed by atoms with Crippen molar-refractivity contribution >= 4 is 54.8 Å². The summed E-state index contributed by atoms with van der Waals surface area (Å²) in [5.74, 6) is 0.768. The van der Waals surface area contributed by atoms with E-state index in [1.165, 1.54) is 43.3 Å². The minimum absolute atomic E-state index is 0. The molecule has 0 saturated carbocycles. The van der Waals surface area contributed by atoms with Crippen LogP contribution in [-0.2, 0) is 30.3 Å². The predicted octanol–water partition coefficient (Wildman–Crippen LogP) is 13.8. The van der Waals surface area contributed by atoms with Crippen LogP contribution in [0.5, 0.6) is 0 Å². The van der Waals surface area contributed by atoms with Gasteiger partial charge in [0.2, 0.25) is 0 Å². The average molecular weight is 911 g/mol. The van der Waals surface area contributed by atoms with Crippen LogP contribution in [0.25, 0.3) is 37.2 Å². The normalized spacial score (nSPS) is 17.6. The topological polar surface area (TPSA) is 50.2 Å². The van der Waals surface area contributed by atoms with E-state index in [1.807, 2.05) is 53.3 Å². The molecule has 0 saturated heterocycles. The van der Waals surface area contributed by atoms with Gasteiger partial charge in [-0.2, -0.15) is 0 Å². The number of hydrogen-bond donors (Lipinski definition) is 1. The van der Waals surface area contributed by atoms with Crippen LogP contribution in [0, 0.1) is 29.7 Å². The number of aliphatic hydroxyl groups excluding tert-OH is 1. The van der Waals surface area contributed by atoms with Crippen LogP contribution in [0.15, 0.2) is 84.2 Å². The number of benzene rings is 2. The van der Waals surface area contributed by atoms with Gasteiger partial charge in [-0.25, -0.2) is 0 Å². The van der Waals surface area contributed by atoms with Gasteiger partial charge in [0.05, 0.1) is 0 Å². The van der Waals surface area contributed by atoms with Crippen molar-refractivity contribution in [1.82, 2.24) is 4.98 Å². The van der Waals surface area contributed by atoms with Crippen molar-refractivity contribution in [1.29, 1.82) is 0 Å². The van der Waals surface area contributed by atoms with E-state index in [9.17, 15) is 9.90 Å². The van der Waals surface area contributed by atoms with E-state index in [0.717, 1.165) is 47.2 Å². The molecule has 3 heterocycles. The van der Waals surface area contributed by atoms with Crippen molar-refractivity contribution in [3.63, 3.8) is 0 Å². The minimum Gasteiger partial charge on any atom is -0.512 e. The summed E-state index contributed by atoms with van der Waals surface area (Å²) in [6.45, 7) is 23.4. The Morgan fingerprint density at radius 2 is 1.52 bits per heavy atom. The number of ketones is 1. The third-order valence-electron chi connectivity index (χ3n) is 11.5. The molecule has 2 aliphatic rings. The number of aliphatic hydroxyl groups is 1. The number of aryl methyl sites for hydroxylation is 1.